The molecule has 0 bridgehead atoms. The normalized spacial score (nSPS) is 17.1. The average molecular weight is 416 g/mol. The minimum absolute atomic E-state index is 0.0984. The van der Waals surface area contributed by atoms with Crippen molar-refractivity contribution in [3.63, 3.8) is 0 Å². The summed E-state index contributed by atoms with van der Waals surface area (Å²) in [4.78, 5) is 27.2. The van der Waals surface area contributed by atoms with Gasteiger partial charge in [0.1, 0.15) is 5.25 Å². The number of amides is 2. The third-order valence-corrected chi connectivity index (χ3v) is 6.74. The van der Waals surface area contributed by atoms with Crippen molar-refractivity contribution in [1.29, 1.82) is 0 Å². The van der Waals surface area contributed by atoms with Crippen molar-refractivity contribution in [1.82, 2.24) is 4.90 Å². The molecule has 0 aromatic heterocycles. The number of benzene rings is 2. The highest BCUT2D eigenvalue weighted by atomic mass is 32.2. The smallest absolute Gasteiger partial charge is 0.272 e. The van der Waals surface area contributed by atoms with Crippen LogP contribution in [0, 0.1) is 5.92 Å². The molecule has 0 radical (unpaired) electrons. The second kappa shape index (κ2) is 7.96. The molecule has 0 aliphatic carbocycles. The highest BCUT2D eigenvalue weighted by molar-refractivity contribution is 7.86. The Morgan fingerprint density at radius 3 is 2.24 bits per heavy atom. The first-order valence-electron chi connectivity index (χ1n) is 9.43. The van der Waals surface area contributed by atoms with E-state index in [4.69, 9.17) is 5.73 Å². The quantitative estimate of drug-likeness (QED) is 0.406. The number of imide groups is 1. The van der Waals surface area contributed by atoms with E-state index in [1.54, 1.807) is 36.4 Å². The molecule has 7 nitrogen and oxygen atoms in total. The lowest BCUT2D eigenvalue weighted by Crippen LogP contribution is -2.45. The summed E-state index contributed by atoms with van der Waals surface area (Å²) in [7, 11) is -4.46. The zero-order valence-corrected chi connectivity index (χ0v) is 17.1. The van der Waals surface area contributed by atoms with Crippen LogP contribution in [0.4, 0.5) is 5.69 Å². The van der Waals surface area contributed by atoms with Gasteiger partial charge in [0.2, 0.25) is 0 Å². The number of fused-ring (bicyclic) bond motifs is 1. The van der Waals surface area contributed by atoms with Gasteiger partial charge in [0.25, 0.3) is 21.9 Å². The summed E-state index contributed by atoms with van der Waals surface area (Å²) in [5, 5.41) is -1.25. The molecule has 3 rings (SSSR count). The maximum atomic E-state index is 13.0. The van der Waals surface area contributed by atoms with Crippen LogP contribution < -0.4 is 5.73 Å². The summed E-state index contributed by atoms with van der Waals surface area (Å²) >= 11 is 0. The summed E-state index contributed by atoms with van der Waals surface area (Å²) in [5.74, 6) is -1.15. The van der Waals surface area contributed by atoms with E-state index in [1.165, 1.54) is 12.1 Å². The fourth-order valence-electron chi connectivity index (χ4n) is 3.76. The molecule has 3 atom stereocenters. The van der Waals surface area contributed by atoms with Crippen LogP contribution in [0.3, 0.4) is 0 Å². The fourth-order valence-corrected chi connectivity index (χ4v) is 4.70. The summed E-state index contributed by atoms with van der Waals surface area (Å²) < 4.78 is 34.2. The molecule has 29 heavy (non-hydrogen) atoms. The molecule has 1 heterocycles. The van der Waals surface area contributed by atoms with Crippen LogP contribution in [-0.4, -0.2) is 35.7 Å². The molecular weight excluding hydrogens is 392 g/mol. The molecule has 154 valence electrons. The monoisotopic (exact) mass is 416 g/mol. The topological polar surface area (TPSA) is 118 Å². The van der Waals surface area contributed by atoms with Crippen molar-refractivity contribution in [2.24, 2.45) is 5.92 Å². The predicted molar refractivity (Wildman–Crippen MR) is 110 cm³/mol. The molecule has 2 amide bonds. The fraction of sp³-hybridized carbons (Fsp3) is 0.333. The first kappa shape index (κ1) is 21.0. The second-order valence-electron chi connectivity index (χ2n) is 7.39. The molecule has 3 N–H and O–H groups in total. The Labute approximate surface area is 170 Å². The van der Waals surface area contributed by atoms with E-state index in [1.807, 2.05) is 13.8 Å². The van der Waals surface area contributed by atoms with Gasteiger partial charge in [-0.2, -0.15) is 8.42 Å². The van der Waals surface area contributed by atoms with Crippen LogP contribution in [0.1, 0.15) is 58.2 Å². The lowest BCUT2D eigenvalue weighted by atomic mass is 9.91. The average Bonchev–Trinajstić information content (AvgIpc) is 2.92. The van der Waals surface area contributed by atoms with E-state index in [0.29, 0.717) is 17.7 Å². The Hall–Kier alpha value is -2.71. The highest BCUT2D eigenvalue weighted by Crippen LogP contribution is 2.36. The molecule has 0 saturated heterocycles. The van der Waals surface area contributed by atoms with Gasteiger partial charge in [0, 0.05) is 11.7 Å². The van der Waals surface area contributed by atoms with Crippen LogP contribution in [0.2, 0.25) is 0 Å². The van der Waals surface area contributed by atoms with Gasteiger partial charge in [-0.15, -0.1) is 0 Å². The number of nitrogens with two attached hydrogens (primary N) is 1. The van der Waals surface area contributed by atoms with Gasteiger partial charge in [-0.3, -0.25) is 19.0 Å². The molecule has 3 unspecified atom stereocenters. The first-order valence-corrected chi connectivity index (χ1v) is 10.9. The van der Waals surface area contributed by atoms with Crippen LogP contribution in [0.25, 0.3) is 0 Å². The number of carbonyl (C=O) groups is 2. The van der Waals surface area contributed by atoms with Crippen molar-refractivity contribution in [2.45, 2.75) is 38.0 Å². The van der Waals surface area contributed by atoms with Crippen molar-refractivity contribution in [2.75, 3.05) is 5.73 Å². The predicted octanol–water partition coefficient (Wildman–Crippen LogP) is 3.30. The van der Waals surface area contributed by atoms with Crippen LogP contribution >= 0.6 is 0 Å². The number of hydrogen-bond acceptors (Lipinski definition) is 5. The molecule has 2 aromatic carbocycles. The number of nitrogens with zero attached hydrogens (tertiary/aromatic N) is 1. The van der Waals surface area contributed by atoms with Gasteiger partial charge in [0.05, 0.1) is 11.1 Å². The SMILES string of the molecule is CCC(C)C(CC(c1ccccc1)S(=O)(=O)O)N1C(=O)c2ccc(N)cc2C1=O. The summed E-state index contributed by atoms with van der Waals surface area (Å²) in [5.41, 5.74) is 7.00. The van der Waals surface area contributed by atoms with E-state index < -0.39 is 33.2 Å². The Morgan fingerprint density at radius 1 is 1.03 bits per heavy atom. The molecule has 2 aromatic rings. The van der Waals surface area contributed by atoms with Crippen LogP contribution in [0.5, 0.6) is 0 Å². The van der Waals surface area contributed by atoms with Gasteiger partial charge in [-0.1, -0.05) is 50.6 Å². The van der Waals surface area contributed by atoms with Crippen LogP contribution in [0.15, 0.2) is 48.5 Å². The van der Waals surface area contributed by atoms with Crippen molar-refractivity contribution >= 4 is 27.6 Å². The molecule has 8 heteroatoms. The van der Waals surface area contributed by atoms with Gasteiger partial charge in [0.15, 0.2) is 0 Å². The number of rotatable bonds is 7. The minimum Gasteiger partial charge on any atom is -0.399 e. The van der Waals surface area contributed by atoms with Crippen molar-refractivity contribution < 1.29 is 22.6 Å². The summed E-state index contributed by atoms with van der Waals surface area (Å²) in [6, 6.07) is 12.1. The first-order chi connectivity index (χ1) is 13.6. The van der Waals surface area contributed by atoms with E-state index >= 15 is 0 Å². The maximum absolute atomic E-state index is 13.0. The van der Waals surface area contributed by atoms with E-state index in [2.05, 4.69) is 0 Å². The summed E-state index contributed by atoms with van der Waals surface area (Å²) in [6.07, 6.45) is 0.520. The number of anilines is 1. The zero-order valence-electron chi connectivity index (χ0n) is 16.3. The molecule has 0 fully saturated rings. The van der Waals surface area contributed by atoms with Crippen molar-refractivity contribution in [3.8, 4) is 0 Å². The molecule has 1 aliphatic heterocycles. The third kappa shape index (κ3) is 4.04. The van der Waals surface area contributed by atoms with Gasteiger partial charge < -0.3 is 5.73 Å². The Balaban J connectivity index is 2.03. The van der Waals surface area contributed by atoms with E-state index in [0.717, 1.165) is 4.90 Å². The maximum Gasteiger partial charge on any atom is 0.272 e. The number of carbonyl (C=O) groups excluding carboxylic acids is 2. The highest BCUT2D eigenvalue weighted by Gasteiger charge is 2.43. The van der Waals surface area contributed by atoms with Gasteiger partial charge in [-0.05, 0) is 36.1 Å². The molecule has 1 aliphatic rings. The summed E-state index contributed by atoms with van der Waals surface area (Å²) in [6.45, 7) is 3.76. The Morgan fingerprint density at radius 2 is 1.66 bits per heavy atom. The molecular formula is C21H24N2O5S. The van der Waals surface area contributed by atoms with Gasteiger partial charge in [-0.25, -0.2) is 0 Å². The Kier molecular flexibility index (Phi) is 5.77. The molecule has 0 spiro atoms. The second-order valence-corrected chi connectivity index (χ2v) is 8.99. The van der Waals surface area contributed by atoms with E-state index in [-0.39, 0.29) is 23.5 Å². The van der Waals surface area contributed by atoms with Crippen molar-refractivity contribution in [3.05, 3.63) is 65.2 Å². The minimum atomic E-state index is -4.46. The zero-order chi connectivity index (χ0) is 21.3. The third-order valence-electron chi connectivity index (χ3n) is 5.56. The lowest BCUT2D eigenvalue weighted by Gasteiger charge is -2.33. The van der Waals surface area contributed by atoms with Gasteiger partial charge >= 0.3 is 0 Å². The number of hydrogen-bond donors (Lipinski definition) is 2. The standard InChI is InChI=1S/C21H24N2O5S/c1-3-13(2)18(12-19(29(26,27)28)14-7-5-4-6-8-14)23-20(24)16-10-9-15(22)11-17(16)21(23)25/h4-11,13,18-19H,3,12,22H2,1-2H3,(H,26,27,28). The van der Waals surface area contributed by atoms with Crippen LogP contribution in [-0.2, 0) is 10.1 Å². The number of nitrogen functional groups attached to an aromatic ring is 1. The Bertz CT molecular complexity index is 1040. The van der Waals surface area contributed by atoms with E-state index in [9.17, 15) is 22.6 Å². The lowest BCUT2D eigenvalue weighted by molar-refractivity contribution is 0.0517. The largest absolute Gasteiger partial charge is 0.399 e. The molecule has 0 saturated carbocycles.